The van der Waals surface area contributed by atoms with Crippen molar-refractivity contribution in [1.29, 1.82) is 0 Å². The molecule has 57 valence electrons. The van der Waals surface area contributed by atoms with E-state index in [1.54, 1.807) is 0 Å². The molecule has 0 amide bonds. The van der Waals surface area contributed by atoms with Crippen molar-refractivity contribution < 1.29 is 0 Å². The Morgan fingerprint density at radius 1 is 1.45 bits per heavy atom. The first-order chi connectivity index (χ1) is 5.19. The number of hydrogen-bond acceptors (Lipinski definition) is 0. The van der Waals surface area contributed by atoms with E-state index in [9.17, 15) is 0 Å². The van der Waals surface area contributed by atoms with Gasteiger partial charge < -0.3 is 0 Å². The minimum absolute atomic E-state index is 0.191. The second kappa shape index (κ2) is 3.22. The standard InChI is InChI=1S/C10H13Si/c1-9-5-3-4-6-10(9,2)7-8-11/h3-9H,1-2H3. The third-order valence-corrected chi connectivity index (χ3v) is 2.56. The lowest BCUT2D eigenvalue weighted by Crippen LogP contribution is -2.20. The van der Waals surface area contributed by atoms with Crippen LogP contribution in [0.3, 0.4) is 0 Å². The molecule has 1 aliphatic rings. The zero-order valence-electron chi connectivity index (χ0n) is 7.04. The number of rotatable bonds is 1. The van der Waals surface area contributed by atoms with Gasteiger partial charge in [0.05, 0.1) is 10.2 Å². The summed E-state index contributed by atoms with van der Waals surface area (Å²) < 4.78 is 0. The van der Waals surface area contributed by atoms with Gasteiger partial charge in [-0.25, -0.2) is 0 Å². The minimum Gasteiger partial charge on any atom is -0.105 e. The fourth-order valence-electron chi connectivity index (χ4n) is 1.24. The van der Waals surface area contributed by atoms with Gasteiger partial charge in [0, 0.05) is 5.41 Å². The lowest BCUT2D eigenvalue weighted by Gasteiger charge is -2.29. The smallest absolute Gasteiger partial charge is 0.0596 e. The van der Waals surface area contributed by atoms with Gasteiger partial charge in [0.25, 0.3) is 0 Å². The molecule has 1 aliphatic carbocycles. The Morgan fingerprint density at radius 2 is 2.18 bits per heavy atom. The lowest BCUT2D eigenvalue weighted by molar-refractivity contribution is 0.419. The van der Waals surface area contributed by atoms with E-state index >= 15 is 0 Å². The first-order valence-corrected chi connectivity index (χ1v) is 4.48. The zero-order chi connectivity index (χ0) is 8.32. The molecule has 0 spiro atoms. The van der Waals surface area contributed by atoms with Crippen LogP contribution in [0.15, 0.2) is 36.1 Å². The molecule has 0 saturated carbocycles. The molecule has 0 heterocycles. The average molecular weight is 161 g/mol. The molecule has 0 fully saturated rings. The molecule has 2 atom stereocenters. The summed E-state index contributed by atoms with van der Waals surface area (Å²) in [6, 6.07) is 0. The van der Waals surface area contributed by atoms with Crippen LogP contribution >= 0.6 is 0 Å². The quantitative estimate of drug-likeness (QED) is 0.518. The minimum atomic E-state index is 0.191. The van der Waals surface area contributed by atoms with E-state index in [0.29, 0.717) is 5.92 Å². The van der Waals surface area contributed by atoms with Crippen molar-refractivity contribution >= 4 is 10.2 Å². The van der Waals surface area contributed by atoms with E-state index in [-0.39, 0.29) is 5.41 Å². The largest absolute Gasteiger partial charge is 0.105 e. The van der Waals surface area contributed by atoms with Gasteiger partial charge in [0.1, 0.15) is 0 Å². The Labute approximate surface area is 72.1 Å². The van der Waals surface area contributed by atoms with Crippen LogP contribution < -0.4 is 0 Å². The Balaban J connectivity index is 2.85. The van der Waals surface area contributed by atoms with Crippen molar-refractivity contribution in [3.8, 4) is 0 Å². The van der Waals surface area contributed by atoms with Crippen molar-refractivity contribution in [3.05, 3.63) is 36.1 Å². The third kappa shape index (κ3) is 1.72. The summed E-state index contributed by atoms with van der Waals surface area (Å²) in [5.74, 6) is 0.583. The average Bonchev–Trinajstić information content (AvgIpc) is 1.96. The van der Waals surface area contributed by atoms with Crippen LogP contribution in [0.4, 0.5) is 0 Å². The van der Waals surface area contributed by atoms with Crippen LogP contribution in [0.5, 0.6) is 0 Å². The van der Waals surface area contributed by atoms with Gasteiger partial charge in [-0.3, -0.25) is 0 Å². The fraction of sp³-hybridized carbons (Fsp3) is 0.400. The van der Waals surface area contributed by atoms with Gasteiger partial charge in [0.15, 0.2) is 0 Å². The molecular formula is C10H13Si. The molecular weight excluding hydrogens is 148 g/mol. The molecule has 2 unspecified atom stereocenters. The highest BCUT2D eigenvalue weighted by molar-refractivity contribution is 6.17. The van der Waals surface area contributed by atoms with Crippen molar-refractivity contribution in [2.45, 2.75) is 13.8 Å². The van der Waals surface area contributed by atoms with E-state index in [1.165, 1.54) is 0 Å². The lowest BCUT2D eigenvalue weighted by atomic mass is 9.76. The maximum Gasteiger partial charge on any atom is 0.0596 e. The Hall–Kier alpha value is -0.563. The maximum atomic E-state index is 3.35. The van der Waals surface area contributed by atoms with Crippen LogP contribution in [0, 0.1) is 11.3 Å². The fourth-order valence-corrected chi connectivity index (χ4v) is 1.60. The van der Waals surface area contributed by atoms with E-state index in [1.807, 2.05) is 5.70 Å². The highest BCUT2D eigenvalue weighted by Crippen LogP contribution is 2.33. The second-order valence-corrected chi connectivity index (χ2v) is 3.57. The predicted octanol–water partition coefficient (Wildman–Crippen LogP) is 2.44. The highest BCUT2D eigenvalue weighted by atomic mass is 28.1. The van der Waals surface area contributed by atoms with Crippen LogP contribution in [-0.2, 0) is 0 Å². The molecule has 0 nitrogen and oxygen atoms in total. The van der Waals surface area contributed by atoms with E-state index < -0.39 is 0 Å². The highest BCUT2D eigenvalue weighted by Gasteiger charge is 2.24. The summed E-state index contributed by atoms with van der Waals surface area (Å²) in [5, 5.41) is 0. The summed E-state index contributed by atoms with van der Waals surface area (Å²) in [4.78, 5) is 0. The Bertz CT molecular complexity index is 213. The normalized spacial score (nSPS) is 36.8. The van der Waals surface area contributed by atoms with Gasteiger partial charge in [0.2, 0.25) is 0 Å². The predicted molar refractivity (Wildman–Crippen MR) is 50.4 cm³/mol. The zero-order valence-corrected chi connectivity index (χ0v) is 8.04. The molecule has 0 aromatic carbocycles. The second-order valence-electron chi connectivity index (χ2n) is 3.23. The van der Waals surface area contributed by atoms with Gasteiger partial charge in [-0.1, -0.05) is 44.2 Å². The SMILES string of the molecule is CC1C=CC=CC1(C)C=C[Si]. The summed E-state index contributed by atoms with van der Waals surface area (Å²) in [7, 11) is 3.35. The molecule has 3 radical (unpaired) electrons. The van der Waals surface area contributed by atoms with Crippen LogP contribution in [0.1, 0.15) is 13.8 Å². The van der Waals surface area contributed by atoms with Crippen molar-refractivity contribution in [1.82, 2.24) is 0 Å². The summed E-state index contributed by atoms with van der Waals surface area (Å²) >= 11 is 0. The molecule has 0 saturated heterocycles. The molecule has 0 aromatic heterocycles. The van der Waals surface area contributed by atoms with Gasteiger partial charge in [-0.05, 0) is 5.92 Å². The Kier molecular flexibility index (Phi) is 2.50. The van der Waals surface area contributed by atoms with Gasteiger partial charge in [-0.2, -0.15) is 0 Å². The first kappa shape index (κ1) is 8.53. The molecule has 0 bridgehead atoms. The molecule has 1 rings (SSSR count). The summed E-state index contributed by atoms with van der Waals surface area (Å²) in [6.07, 6.45) is 10.8. The first-order valence-electron chi connectivity index (χ1n) is 3.90. The monoisotopic (exact) mass is 161 g/mol. The maximum absolute atomic E-state index is 3.35. The van der Waals surface area contributed by atoms with Crippen LogP contribution in [0.2, 0.25) is 0 Å². The van der Waals surface area contributed by atoms with Gasteiger partial charge in [-0.15, -0.1) is 5.70 Å². The van der Waals surface area contributed by atoms with Gasteiger partial charge >= 0.3 is 0 Å². The summed E-state index contributed by atoms with van der Waals surface area (Å²) in [6.45, 7) is 4.46. The molecule has 0 N–H and O–H groups in total. The van der Waals surface area contributed by atoms with E-state index in [0.717, 1.165) is 0 Å². The van der Waals surface area contributed by atoms with Crippen molar-refractivity contribution in [2.75, 3.05) is 0 Å². The third-order valence-electron chi connectivity index (χ3n) is 2.39. The summed E-state index contributed by atoms with van der Waals surface area (Å²) in [5.41, 5.74) is 2.12. The van der Waals surface area contributed by atoms with Crippen LogP contribution in [0.25, 0.3) is 0 Å². The van der Waals surface area contributed by atoms with Crippen LogP contribution in [-0.4, -0.2) is 10.2 Å². The van der Waals surface area contributed by atoms with Crippen molar-refractivity contribution in [2.24, 2.45) is 11.3 Å². The molecule has 0 aromatic rings. The number of allylic oxidation sites excluding steroid dienone is 5. The topological polar surface area (TPSA) is 0 Å². The van der Waals surface area contributed by atoms with E-state index in [2.05, 4.69) is 54.5 Å². The van der Waals surface area contributed by atoms with E-state index in [4.69, 9.17) is 0 Å². The molecule has 0 aliphatic heterocycles. The number of hydrogen-bond donors (Lipinski definition) is 0. The molecule has 1 heteroatoms. The Morgan fingerprint density at radius 3 is 2.73 bits per heavy atom. The van der Waals surface area contributed by atoms with Crippen molar-refractivity contribution in [3.63, 3.8) is 0 Å². The molecule has 11 heavy (non-hydrogen) atoms.